The van der Waals surface area contributed by atoms with Gasteiger partial charge in [0, 0.05) is 18.2 Å². The Morgan fingerprint density at radius 3 is 2.65 bits per heavy atom. The first kappa shape index (κ1) is 19.6. The Morgan fingerprint density at radius 1 is 1.16 bits per heavy atom. The minimum Gasteiger partial charge on any atom is -0.454 e. The SMILES string of the molecule is Cc1cc(NC(=O)Cc2ccc(C(C)C)cc2)n(-c2nc3cc4c(cc3s2)OCO4)n1. The second-order valence-corrected chi connectivity index (χ2v) is 8.88. The van der Waals surface area contributed by atoms with Gasteiger partial charge in [-0.15, -0.1) is 0 Å². The Hall–Kier alpha value is -3.39. The van der Waals surface area contributed by atoms with Gasteiger partial charge in [0.1, 0.15) is 5.82 Å². The summed E-state index contributed by atoms with van der Waals surface area (Å²) >= 11 is 1.48. The van der Waals surface area contributed by atoms with Crippen LogP contribution in [-0.2, 0) is 11.2 Å². The smallest absolute Gasteiger partial charge is 0.231 e. The van der Waals surface area contributed by atoms with Crippen LogP contribution in [0.3, 0.4) is 0 Å². The third-order valence-corrected chi connectivity index (χ3v) is 6.16. The summed E-state index contributed by atoms with van der Waals surface area (Å²) in [5.74, 6) is 2.38. The lowest BCUT2D eigenvalue weighted by Gasteiger charge is -2.08. The highest BCUT2D eigenvalue weighted by molar-refractivity contribution is 7.20. The van der Waals surface area contributed by atoms with Crippen molar-refractivity contribution in [2.75, 3.05) is 12.1 Å². The van der Waals surface area contributed by atoms with Crippen LogP contribution in [0, 0.1) is 6.92 Å². The predicted molar refractivity (Wildman–Crippen MR) is 120 cm³/mol. The Labute approximate surface area is 183 Å². The van der Waals surface area contributed by atoms with E-state index < -0.39 is 0 Å². The van der Waals surface area contributed by atoms with Crippen LogP contribution in [0.15, 0.2) is 42.5 Å². The summed E-state index contributed by atoms with van der Waals surface area (Å²) < 4.78 is 13.5. The summed E-state index contributed by atoms with van der Waals surface area (Å²) in [5, 5.41) is 8.19. The fraction of sp³-hybridized carbons (Fsp3) is 0.261. The van der Waals surface area contributed by atoms with Gasteiger partial charge in [-0.1, -0.05) is 49.4 Å². The van der Waals surface area contributed by atoms with E-state index in [1.807, 2.05) is 37.3 Å². The molecule has 5 rings (SSSR count). The molecule has 2 aromatic heterocycles. The summed E-state index contributed by atoms with van der Waals surface area (Å²) in [6.07, 6.45) is 0.295. The van der Waals surface area contributed by atoms with Crippen LogP contribution in [0.5, 0.6) is 11.5 Å². The number of rotatable bonds is 5. The Bertz CT molecular complexity index is 1230. The largest absolute Gasteiger partial charge is 0.454 e. The number of carbonyl (C=O) groups is 1. The monoisotopic (exact) mass is 434 g/mol. The number of ether oxygens (including phenoxy) is 2. The third kappa shape index (κ3) is 3.86. The average molecular weight is 435 g/mol. The van der Waals surface area contributed by atoms with Gasteiger partial charge >= 0.3 is 0 Å². The number of benzene rings is 2. The van der Waals surface area contributed by atoms with Gasteiger partial charge in [0.2, 0.25) is 17.8 Å². The van der Waals surface area contributed by atoms with E-state index in [0.29, 0.717) is 29.0 Å². The Morgan fingerprint density at radius 2 is 1.90 bits per heavy atom. The van der Waals surface area contributed by atoms with Gasteiger partial charge in [-0.25, -0.2) is 4.98 Å². The molecule has 7 nitrogen and oxygen atoms in total. The molecular weight excluding hydrogens is 412 g/mol. The van der Waals surface area contributed by atoms with E-state index in [4.69, 9.17) is 9.47 Å². The van der Waals surface area contributed by atoms with Crippen molar-refractivity contribution in [1.29, 1.82) is 0 Å². The molecule has 0 unspecified atom stereocenters. The van der Waals surface area contributed by atoms with E-state index in [1.54, 1.807) is 4.68 Å². The fourth-order valence-electron chi connectivity index (χ4n) is 3.52. The topological polar surface area (TPSA) is 78.3 Å². The highest BCUT2D eigenvalue weighted by atomic mass is 32.1. The second-order valence-electron chi connectivity index (χ2n) is 7.87. The van der Waals surface area contributed by atoms with Crippen LogP contribution >= 0.6 is 11.3 Å². The number of aromatic nitrogens is 3. The van der Waals surface area contributed by atoms with Gasteiger partial charge in [0.15, 0.2) is 11.5 Å². The summed E-state index contributed by atoms with van der Waals surface area (Å²) in [7, 11) is 0. The van der Waals surface area contributed by atoms with Crippen LogP contribution < -0.4 is 14.8 Å². The molecule has 0 saturated carbocycles. The molecule has 1 amide bonds. The molecule has 158 valence electrons. The number of fused-ring (bicyclic) bond motifs is 2. The molecule has 1 aliphatic heterocycles. The maximum absolute atomic E-state index is 12.7. The van der Waals surface area contributed by atoms with Crippen molar-refractivity contribution in [3.05, 3.63) is 59.3 Å². The number of anilines is 1. The quantitative estimate of drug-likeness (QED) is 0.487. The van der Waals surface area contributed by atoms with E-state index >= 15 is 0 Å². The molecule has 1 aliphatic rings. The number of hydrogen-bond donors (Lipinski definition) is 1. The van der Waals surface area contributed by atoms with E-state index in [0.717, 1.165) is 27.2 Å². The first-order valence-electron chi connectivity index (χ1n) is 10.1. The van der Waals surface area contributed by atoms with E-state index in [2.05, 4.69) is 41.4 Å². The zero-order chi connectivity index (χ0) is 21.5. The average Bonchev–Trinajstić information content (AvgIpc) is 3.43. The first-order valence-corrected chi connectivity index (χ1v) is 10.9. The highest BCUT2D eigenvalue weighted by Crippen LogP contribution is 2.38. The molecule has 4 aromatic rings. The van der Waals surface area contributed by atoms with Crippen LogP contribution in [0.1, 0.15) is 36.6 Å². The number of nitrogens with one attached hydrogen (secondary N) is 1. The van der Waals surface area contributed by atoms with Crippen molar-refractivity contribution in [1.82, 2.24) is 14.8 Å². The van der Waals surface area contributed by atoms with Crippen molar-refractivity contribution in [2.45, 2.75) is 33.1 Å². The first-order chi connectivity index (χ1) is 15.0. The van der Waals surface area contributed by atoms with Gasteiger partial charge in [-0.2, -0.15) is 9.78 Å². The summed E-state index contributed by atoms with van der Waals surface area (Å²) in [6.45, 7) is 6.43. The van der Waals surface area contributed by atoms with Crippen molar-refractivity contribution >= 4 is 33.3 Å². The number of aryl methyl sites for hydroxylation is 1. The molecule has 0 radical (unpaired) electrons. The zero-order valence-corrected chi connectivity index (χ0v) is 18.3. The Kier molecular flexibility index (Phi) is 4.86. The molecule has 3 heterocycles. The number of carbonyl (C=O) groups excluding carboxylic acids is 1. The van der Waals surface area contributed by atoms with Gasteiger partial charge in [0.05, 0.1) is 22.3 Å². The lowest BCUT2D eigenvalue weighted by atomic mass is 10.0. The zero-order valence-electron chi connectivity index (χ0n) is 17.5. The number of nitrogens with zero attached hydrogens (tertiary/aromatic N) is 3. The molecule has 2 aromatic carbocycles. The Balaban J connectivity index is 1.38. The van der Waals surface area contributed by atoms with E-state index in [9.17, 15) is 4.79 Å². The van der Waals surface area contributed by atoms with Gasteiger partial charge < -0.3 is 14.8 Å². The number of hydrogen-bond acceptors (Lipinski definition) is 6. The highest BCUT2D eigenvalue weighted by Gasteiger charge is 2.19. The summed E-state index contributed by atoms with van der Waals surface area (Å²) in [5.41, 5.74) is 3.83. The van der Waals surface area contributed by atoms with Crippen LogP contribution in [0.2, 0.25) is 0 Å². The summed E-state index contributed by atoms with van der Waals surface area (Å²) in [6, 6.07) is 13.8. The number of thiazole rings is 1. The van der Waals surface area contributed by atoms with Crippen LogP contribution in [0.4, 0.5) is 5.82 Å². The molecule has 0 fully saturated rings. The van der Waals surface area contributed by atoms with Crippen LogP contribution in [0.25, 0.3) is 15.3 Å². The summed E-state index contributed by atoms with van der Waals surface area (Å²) in [4.78, 5) is 17.4. The lowest BCUT2D eigenvalue weighted by molar-refractivity contribution is -0.115. The molecule has 31 heavy (non-hydrogen) atoms. The van der Waals surface area contributed by atoms with Crippen molar-refractivity contribution < 1.29 is 14.3 Å². The molecule has 0 atom stereocenters. The van der Waals surface area contributed by atoms with Gasteiger partial charge in [-0.3, -0.25) is 4.79 Å². The molecule has 0 bridgehead atoms. The van der Waals surface area contributed by atoms with Crippen molar-refractivity contribution in [3.8, 4) is 16.6 Å². The second kappa shape index (κ2) is 7.70. The van der Waals surface area contributed by atoms with E-state index in [1.165, 1.54) is 16.9 Å². The van der Waals surface area contributed by atoms with Gasteiger partial charge in [-0.05, 0) is 24.0 Å². The lowest BCUT2D eigenvalue weighted by Crippen LogP contribution is -2.17. The molecule has 8 heteroatoms. The normalized spacial score (nSPS) is 12.6. The standard InChI is InChI=1S/C23H22N4O3S/c1-13(2)16-6-4-15(5-7-16)9-22(28)25-21-8-14(3)26-27(21)23-24-17-10-18-19(30-12-29-18)11-20(17)31-23/h4-8,10-11,13H,9,12H2,1-3H3,(H,25,28). The van der Waals surface area contributed by atoms with Crippen LogP contribution in [-0.4, -0.2) is 27.5 Å². The number of amides is 1. The minimum absolute atomic E-state index is 0.0969. The fourth-order valence-corrected chi connectivity index (χ4v) is 4.47. The third-order valence-electron chi connectivity index (χ3n) is 5.16. The van der Waals surface area contributed by atoms with Crippen molar-refractivity contribution in [3.63, 3.8) is 0 Å². The minimum atomic E-state index is -0.0969. The molecular formula is C23H22N4O3S. The molecule has 1 N–H and O–H groups in total. The van der Waals surface area contributed by atoms with Gasteiger partial charge in [0.25, 0.3) is 0 Å². The molecule has 0 spiro atoms. The predicted octanol–water partition coefficient (Wildman–Crippen LogP) is 4.82. The van der Waals surface area contributed by atoms with Crippen molar-refractivity contribution in [2.24, 2.45) is 0 Å². The molecule has 0 aliphatic carbocycles. The maximum atomic E-state index is 12.7. The maximum Gasteiger partial charge on any atom is 0.231 e. The molecule has 0 saturated heterocycles. The van der Waals surface area contributed by atoms with E-state index in [-0.39, 0.29) is 12.7 Å².